The van der Waals surface area contributed by atoms with Gasteiger partial charge in [-0.15, -0.1) is 0 Å². The molecule has 0 aromatic heterocycles. The van der Waals surface area contributed by atoms with Crippen LogP contribution in [0, 0.1) is 23.7 Å². The predicted octanol–water partition coefficient (Wildman–Crippen LogP) is 2.41. The maximum atomic E-state index is 12.4. The molecule has 4 unspecified atom stereocenters. The Morgan fingerprint density at radius 2 is 1.40 bits per heavy atom. The summed E-state index contributed by atoms with van der Waals surface area (Å²) in [5, 5.41) is 0. The standard InChI is InChI=1S/C17H22O8/c1-5-20-16(18)13-9-12(10-24-22-7-3)14(11-25-23-8-4)15(13)17(19)21-6-2/h5-8,12-15H,1-4,9-11H2. The number of ether oxygens (including phenoxy) is 2. The lowest BCUT2D eigenvalue weighted by Crippen LogP contribution is -2.34. The summed E-state index contributed by atoms with van der Waals surface area (Å²) in [6.45, 7) is 13.5. The summed E-state index contributed by atoms with van der Waals surface area (Å²) < 4.78 is 9.73. The van der Waals surface area contributed by atoms with Crippen molar-refractivity contribution in [1.82, 2.24) is 0 Å². The molecule has 1 rings (SSSR count). The van der Waals surface area contributed by atoms with Crippen LogP contribution >= 0.6 is 0 Å². The Labute approximate surface area is 146 Å². The normalized spacial score (nSPS) is 24.6. The van der Waals surface area contributed by atoms with Crippen molar-refractivity contribution in [2.24, 2.45) is 23.7 Å². The second-order valence-corrected chi connectivity index (χ2v) is 5.09. The number of carbonyl (C=O) groups is 2. The summed E-state index contributed by atoms with van der Waals surface area (Å²) in [6, 6.07) is 0. The lowest BCUT2D eigenvalue weighted by atomic mass is 9.87. The highest BCUT2D eigenvalue weighted by molar-refractivity contribution is 5.83. The van der Waals surface area contributed by atoms with Gasteiger partial charge in [0.05, 0.1) is 37.6 Å². The van der Waals surface area contributed by atoms with E-state index in [1.807, 2.05) is 0 Å². The van der Waals surface area contributed by atoms with Gasteiger partial charge in [-0.3, -0.25) is 9.59 Å². The summed E-state index contributed by atoms with van der Waals surface area (Å²) >= 11 is 0. The molecule has 8 nitrogen and oxygen atoms in total. The fourth-order valence-corrected chi connectivity index (χ4v) is 2.92. The summed E-state index contributed by atoms with van der Waals surface area (Å²) in [7, 11) is 0. The van der Waals surface area contributed by atoms with Crippen LogP contribution in [0.2, 0.25) is 0 Å². The Hall–Kier alpha value is -2.58. The summed E-state index contributed by atoms with van der Waals surface area (Å²) in [5.74, 6) is -3.54. The first-order valence-electron chi connectivity index (χ1n) is 7.51. The molecule has 0 spiro atoms. The molecule has 25 heavy (non-hydrogen) atoms. The molecule has 4 atom stereocenters. The maximum absolute atomic E-state index is 12.4. The molecule has 0 amide bonds. The van der Waals surface area contributed by atoms with Crippen molar-refractivity contribution in [1.29, 1.82) is 0 Å². The molecule has 1 aliphatic carbocycles. The quantitative estimate of drug-likeness (QED) is 0.174. The van der Waals surface area contributed by atoms with Crippen LogP contribution in [0.4, 0.5) is 0 Å². The van der Waals surface area contributed by atoms with Crippen molar-refractivity contribution in [2.75, 3.05) is 13.2 Å². The summed E-state index contributed by atoms with van der Waals surface area (Å²) in [4.78, 5) is 43.9. The number of hydrogen-bond acceptors (Lipinski definition) is 8. The zero-order chi connectivity index (χ0) is 18.7. The third-order valence-electron chi connectivity index (χ3n) is 3.85. The number of carbonyl (C=O) groups excluding carboxylic acids is 2. The van der Waals surface area contributed by atoms with E-state index in [1.54, 1.807) is 0 Å². The van der Waals surface area contributed by atoms with E-state index in [4.69, 9.17) is 19.2 Å². The fourth-order valence-electron chi connectivity index (χ4n) is 2.92. The minimum absolute atomic E-state index is 0.00289. The van der Waals surface area contributed by atoms with Gasteiger partial charge in [0.2, 0.25) is 0 Å². The minimum Gasteiger partial charge on any atom is -0.435 e. The molecule has 0 aliphatic heterocycles. The van der Waals surface area contributed by atoms with Gasteiger partial charge in [-0.2, -0.15) is 9.78 Å². The second-order valence-electron chi connectivity index (χ2n) is 5.09. The minimum atomic E-state index is -0.837. The van der Waals surface area contributed by atoms with Crippen LogP contribution in [-0.2, 0) is 38.6 Å². The van der Waals surface area contributed by atoms with Crippen LogP contribution in [0.25, 0.3) is 0 Å². The Bertz CT molecular complexity index is 501. The van der Waals surface area contributed by atoms with Crippen LogP contribution in [0.15, 0.2) is 51.4 Å². The topological polar surface area (TPSA) is 89.5 Å². The van der Waals surface area contributed by atoms with E-state index in [1.165, 1.54) is 0 Å². The van der Waals surface area contributed by atoms with E-state index in [0.29, 0.717) is 6.42 Å². The molecule has 0 aromatic rings. The van der Waals surface area contributed by atoms with E-state index in [2.05, 4.69) is 36.1 Å². The second kappa shape index (κ2) is 11.1. The largest absolute Gasteiger partial charge is 0.435 e. The predicted molar refractivity (Wildman–Crippen MR) is 85.6 cm³/mol. The zero-order valence-corrected chi connectivity index (χ0v) is 13.8. The van der Waals surface area contributed by atoms with Crippen molar-refractivity contribution in [3.8, 4) is 0 Å². The van der Waals surface area contributed by atoms with Gasteiger partial charge < -0.3 is 19.2 Å². The first-order valence-corrected chi connectivity index (χ1v) is 7.51. The molecule has 0 N–H and O–H groups in total. The van der Waals surface area contributed by atoms with Gasteiger partial charge in [0.1, 0.15) is 12.5 Å². The van der Waals surface area contributed by atoms with Crippen molar-refractivity contribution < 1.29 is 38.6 Å². The first kappa shape index (κ1) is 20.5. The van der Waals surface area contributed by atoms with Crippen LogP contribution in [0.5, 0.6) is 0 Å². The van der Waals surface area contributed by atoms with E-state index >= 15 is 0 Å². The average molecular weight is 354 g/mol. The Morgan fingerprint density at radius 3 is 1.96 bits per heavy atom. The molecular weight excluding hydrogens is 332 g/mol. The zero-order valence-electron chi connectivity index (χ0n) is 13.8. The van der Waals surface area contributed by atoms with Crippen LogP contribution in [0.3, 0.4) is 0 Å². The van der Waals surface area contributed by atoms with Crippen molar-refractivity contribution >= 4 is 11.9 Å². The monoisotopic (exact) mass is 354 g/mol. The summed E-state index contributed by atoms with van der Waals surface area (Å²) in [6.07, 6.45) is 4.53. The van der Waals surface area contributed by atoms with Gasteiger partial charge in [0, 0.05) is 5.92 Å². The van der Waals surface area contributed by atoms with E-state index in [9.17, 15) is 9.59 Å². The van der Waals surface area contributed by atoms with Gasteiger partial charge >= 0.3 is 11.9 Å². The molecular formula is C17H22O8. The van der Waals surface area contributed by atoms with Gasteiger partial charge in [0.15, 0.2) is 0 Å². The third-order valence-corrected chi connectivity index (χ3v) is 3.85. The van der Waals surface area contributed by atoms with Gasteiger partial charge in [0.25, 0.3) is 0 Å². The smallest absolute Gasteiger partial charge is 0.314 e. The first-order chi connectivity index (χ1) is 12.1. The number of hydrogen-bond donors (Lipinski definition) is 0. The van der Waals surface area contributed by atoms with E-state index < -0.39 is 29.7 Å². The highest BCUT2D eigenvalue weighted by Gasteiger charge is 2.52. The lowest BCUT2D eigenvalue weighted by molar-refractivity contribution is -0.275. The van der Waals surface area contributed by atoms with Crippen LogP contribution in [-0.4, -0.2) is 25.2 Å². The van der Waals surface area contributed by atoms with Crippen LogP contribution in [0.1, 0.15) is 6.42 Å². The van der Waals surface area contributed by atoms with Gasteiger partial charge in [-0.25, -0.2) is 0 Å². The molecule has 138 valence electrons. The molecule has 1 saturated carbocycles. The average Bonchev–Trinajstić information content (AvgIpc) is 2.95. The number of rotatable bonds is 12. The SMILES string of the molecule is C=COOCC1CC(C(=O)OC=C)C(C(=O)OC=C)C1COOC=C. The molecule has 0 aromatic carbocycles. The van der Waals surface area contributed by atoms with Gasteiger partial charge in [-0.05, 0) is 12.3 Å². The molecule has 0 bridgehead atoms. The van der Waals surface area contributed by atoms with Crippen molar-refractivity contribution in [3.05, 3.63) is 51.4 Å². The molecule has 0 radical (unpaired) electrons. The molecule has 0 saturated heterocycles. The summed E-state index contributed by atoms with van der Waals surface area (Å²) in [5.41, 5.74) is 0. The van der Waals surface area contributed by atoms with Crippen molar-refractivity contribution in [2.45, 2.75) is 6.42 Å². The highest BCUT2D eigenvalue weighted by Crippen LogP contribution is 2.43. The van der Waals surface area contributed by atoms with E-state index in [0.717, 1.165) is 25.0 Å². The third kappa shape index (κ3) is 5.77. The molecule has 1 fully saturated rings. The lowest BCUT2D eigenvalue weighted by Gasteiger charge is -2.23. The maximum Gasteiger partial charge on any atom is 0.314 e. The molecule has 8 heteroatoms. The fraction of sp³-hybridized carbons (Fsp3) is 0.412. The van der Waals surface area contributed by atoms with Crippen LogP contribution < -0.4 is 0 Å². The highest BCUT2D eigenvalue weighted by atomic mass is 17.2. The molecule has 1 aliphatic rings. The Morgan fingerprint density at radius 1 is 0.840 bits per heavy atom. The Kier molecular flexibility index (Phi) is 9.05. The van der Waals surface area contributed by atoms with Gasteiger partial charge in [-0.1, -0.05) is 26.3 Å². The number of esters is 2. The van der Waals surface area contributed by atoms with E-state index in [-0.39, 0.29) is 19.1 Å². The Balaban J connectivity index is 3.01. The molecule has 0 heterocycles. The van der Waals surface area contributed by atoms with Crippen molar-refractivity contribution in [3.63, 3.8) is 0 Å².